The Kier molecular flexibility index (Phi) is 8.65. The Hall–Kier alpha value is -2.52. The zero-order valence-electron chi connectivity index (χ0n) is 19.0. The fraction of sp³-hybridized carbons (Fsp3) is 0.400. The maximum absolute atomic E-state index is 13.3. The molecule has 176 valence electrons. The molecular formula is C25H31FN4O2S. The highest BCUT2D eigenvalue weighted by molar-refractivity contribution is 7.07. The van der Waals surface area contributed by atoms with Gasteiger partial charge in [0.2, 0.25) is 0 Å². The first-order valence-corrected chi connectivity index (χ1v) is 12.2. The molecule has 0 radical (unpaired) electrons. The topological polar surface area (TPSA) is 51.0 Å². The van der Waals surface area contributed by atoms with Gasteiger partial charge in [0.1, 0.15) is 5.82 Å². The Balaban J connectivity index is 1.57. The highest BCUT2D eigenvalue weighted by Crippen LogP contribution is 2.25. The van der Waals surface area contributed by atoms with Crippen LogP contribution < -0.4 is 15.0 Å². The molecule has 0 bridgehead atoms. The Morgan fingerprint density at radius 1 is 1.06 bits per heavy atom. The molecule has 1 aromatic heterocycles. The van der Waals surface area contributed by atoms with Crippen molar-refractivity contribution >= 4 is 22.7 Å². The number of nitrogens with zero attached hydrogens (tertiary/aromatic N) is 3. The SMILES string of the molecule is COCCNCCCn1c(-c2ccc(N3CCOCC3)cc2)cs/c1=N\c1ccc(F)cc1. The first-order chi connectivity index (χ1) is 16.2. The molecule has 0 atom stereocenters. The molecule has 0 amide bonds. The zero-order valence-corrected chi connectivity index (χ0v) is 19.8. The second kappa shape index (κ2) is 12.1. The second-order valence-corrected chi connectivity index (χ2v) is 8.72. The summed E-state index contributed by atoms with van der Waals surface area (Å²) in [6.07, 6.45) is 0.968. The number of thiazole rings is 1. The Labute approximate surface area is 198 Å². The minimum absolute atomic E-state index is 0.254. The van der Waals surface area contributed by atoms with Crippen LogP contribution >= 0.6 is 11.3 Å². The fourth-order valence-corrected chi connectivity index (χ4v) is 4.77. The number of ether oxygens (including phenoxy) is 2. The van der Waals surface area contributed by atoms with Gasteiger partial charge in [-0.15, -0.1) is 11.3 Å². The first-order valence-electron chi connectivity index (χ1n) is 11.4. The summed E-state index contributed by atoms with van der Waals surface area (Å²) >= 11 is 1.61. The molecule has 2 aromatic carbocycles. The van der Waals surface area contributed by atoms with Gasteiger partial charge in [-0.25, -0.2) is 9.38 Å². The van der Waals surface area contributed by atoms with Crippen molar-refractivity contribution in [2.75, 3.05) is 58.0 Å². The number of morpholine rings is 1. The summed E-state index contributed by atoms with van der Waals surface area (Å²) in [6, 6.07) is 15.1. The van der Waals surface area contributed by atoms with Gasteiger partial charge in [0, 0.05) is 44.4 Å². The van der Waals surface area contributed by atoms with Gasteiger partial charge < -0.3 is 24.3 Å². The molecule has 1 aliphatic heterocycles. The number of benzene rings is 2. The van der Waals surface area contributed by atoms with E-state index in [4.69, 9.17) is 14.5 Å². The van der Waals surface area contributed by atoms with Gasteiger partial charge in [0.05, 0.1) is 31.2 Å². The molecule has 4 rings (SSSR count). The number of aromatic nitrogens is 1. The Morgan fingerprint density at radius 3 is 2.55 bits per heavy atom. The summed E-state index contributed by atoms with van der Waals surface area (Å²) in [7, 11) is 1.71. The fourth-order valence-electron chi connectivity index (χ4n) is 3.82. The maximum Gasteiger partial charge on any atom is 0.190 e. The summed E-state index contributed by atoms with van der Waals surface area (Å²) in [4.78, 5) is 8.07. The van der Waals surface area contributed by atoms with Gasteiger partial charge in [-0.05, 0) is 54.9 Å². The van der Waals surface area contributed by atoms with E-state index in [1.54, 1.807) is 30.6 Å². The molecule has 1 aliphatic rings. The van der Waals surface area contributed by atoms with E-state index in [1.165, 1.54) is 17.8 Å². The minimum atomic E-state index is -0.254. The molecule has 1 N–H and O–H groups in total. The van der Waals surface area contributed by atoms with Gasteiger partial charge in [-0.2, -0.15) is 0 Å². The monoisotopic (exact) mass is 470 g/mol. The highest BCUT2D eigenvalue weighted by atomic mass is 32.1. The smallest absolute Gasteiger partial charge is 0.190 e. The second-order valence-electron chi connectivity index (χ2n) is 7.89. The van der Waals surface area contributed by atoms with Gasteiger partial charge in [-0.3, -0.25) is 0 Å². The Morgan fingerprint density at radius 2 is 1.82 bits per heavy atom. The lowest BCUT2D eigenvalue weighted by atomic mass is 10.1. The largest absolute Gasteiger partial charge is 0.383 e. The zero-order chi connectivity index (χ0) is 22.9. The average Bonchev–Trinajstić information content (AvgIpc) is 3.25. The van der Waals surface area contributed by atoms with Gasteiger partial charge in [-0.1, -0.05) is 12.1 Å². The van der Waals surface area contributed by atoms with Crippen LogP contribution in [0.15, 0.2) is 58.9 Å². The molecule has 6 nitrogen and oxygen atoms in total. The van der Waals surface area contributed by atoms with Crippen LogP contribution in [0.3, 0.4) is 0 Å². The molecule has 1 fully saturated rings. The first kappa shape index (κ1) is 23.6. The molecule has 1 saturated heterocycles. The summed E-state index contributed by atoms with van der Waals surface area (Å²) < 4.78 is 26.2. The molecule has 33 heavy (non-hydrogen) atoms. The number of anilines is 1. The third-order valence-electron chi connectivity index (χ3n) is 5.61. The normalized spacial score (nSPS) is 14.7. The van der Waals surface area contributed by atoms with Crippen molar-refractivity contribution in [3.8, 4) is 11.3 Å². The van der Waals surface area contributed by atoms with Gasteiger partial charge in [0.15, 0.2) is 4.80 Å². The average molecular weight is 471 g/mol. The molecule has 8 heteroatoms. The van der Waals surface area contributed by atoms with Crippen LogP contribution in [-0.4, -0.2) is 57.7 Å². The van der Waals surface area contributed by atoms with Crippen molar-refractivity contribution in [3.63, 3.8) is 0 Å². The van der Waals surface area contributed by atoms with Crippen molar-refractivity contribution in [1.29, 1.82) is 0 Å². The van der Waals surface area contributed by atoms with Crippen molar-refractivity contribution in [1.82, 2.24) is 9.88 Å². The lowest BCUT2D eigenvalue weighted by Crippen LogP contribution is -2.36. The predicted molar refractivity (Wildman–Crippen MR) is 132 cm³/mol. The minimum Gasteiger partial charge on any atom is -0.383 e. The van der Waals surface area contributed by atoms with E-state index in [0.29, 0.717) is 6.61 Å². The number of halogens is 1. The maximum atomic E-state index is 13.3. The molecule has 0 saturated carbocycles. The van der Waals surface area contributed by atoms with E-state index < -0.39 is 0 Å². The van der Waals surface area contributed by atoms with E-state index in [2.05, 4.69) is 44.4 Å². The number of nitrogens with one attached hydrogen (secondary N) is 1. The lowest BCUT2D eigenvalue weighted by Gasteiger charge is -2.28. The van der Waals surface area contributed by atoms with Gasteiger partial charge in [0.25, 0.3) is 0 Å². The van der Waals surface area contributed by atoms with E-state index in [1.807, 2.05) is 0 Å². The molecule has 0 unspecified atom stereocenters. The van der Waals surface area contributed by atoms with E-state index in [-0.39, 0.29) is 5.82 Å². The number of hydrogen-bond acceptors (Lipinski definition) is 6. The van der Waals surface area contributed by atoms with Crippen LogP contribution in [0.25, 0.3) is 11.3 Å². The van der Waals surface area contributed by atoms with Crippen molar-refractivity contribution in [2.45, 2.75) is 13.0 Å². The lowest BCUT2D eigenvalue weighted by molar-refractivity contribution is 0.122. The van der Waals surface area contributed by atoms with Gasteiger partial charge >= 0.3 is 0 Å². The van der Waals surface area contributed by atoms with Crippen molar-refractivity contribution < 1.29 is 13.9 Å². The van der Waals surface area contributed by atoms with Crippen LogP contribution in [0.2, 0.25) is 0 Å². The van der Waals surface area contributed by atoms with Crippen LogP contribution in [0.1, 0.15) is 6.42 Å². The molecule has 2 heterocycles. The van der Waals surface area contributed by atoms with Crippen LogP contribution in [0, 0.1) is 5.82 Å². The number of hydrogen-bond donors (Lipinski definition) is 1. The Bertz CT molecular complexity index is 1060. The molecule has 0 spiro atoms. The standard InChI is InChI=1S/C25H31FN4O2S/c1-31-16-12-27-11-2-13-30-24(19-33-25(30)28-22-7-5-21(26)6-8-22)20-3-9-23(10-4-20)29-14-17-32-18-15-29/h3-10,19,27H,2,11-18H2,1H3/b28-25-. The van der Waals surface area contributed by atoms with Crippen LogP contribution in [0.4, 0.5) is 15.8 Å². The summed E-state index contributed by atoms with van der Waals surface area (Å²) in [5.74, 6) is -0.254. The number of methoxy groups -OCH3 is 1. The predicted octanol–water partition coefficient (Wildman–Crippen LogP) is 4.05. The third-order valence-corrected chi connectivity index (χ3v) is 6.47. The number of rotatable bonds is 10. The third kappa shape index (κ3) is 6.51. The van der Waals surface area contributed by atoms with Crippen molar-refractivity contribution in [3.05, 3.63) is 64.5 Å². The van der Waals surface area contributed by atoms with E-state index in [0.717, 1.165) is 74.1 Å². The quantitative estimate of drug-likeness (QED) is 0.454. The summed E-state index contributed by atoms with van der Waals surface area (Å²) in [5, 5.41) is 5.56. The molecule has 0 aliphatic carbocycles. The highest BCUT2D eigenvalue weighted by Gasteiger charge is 2.13. The van der Waals surface area contributed by atoms with Crippen LogP contribution in [0.5, 0.6) is 0 Å². The summed E-state index contributed by atoms with van der Waals surface area (Å²) in [6.45, 7) is 6.69. The molecular weight excluding hydrogens is 439 g/mol. The van der Waals surface area contributed by atoms with Crippen LogP contribution in [-0.2, 0) is 16.0 Å². The van der Waals surface area contributed by atoms with E-state index >= 15 is 0 Å². The molecule has 3 aromatic rings. The van der Waals surface area contributed by atoms with Crippen molar-refractivity contribution in [2.24, 2.45) is 4.99 Å². The summed E-state index contributed by atoms with van der Waals surface area (Å²) in [5.41, 5.74) is 4.28. The van der Waals surface area contributed by atoms with E-state index in [9.17, 15) is 4.39 Å².